The van der Waals surface area contributed by atoms with Gasteiger partial charge in [0.05, 0.1) is 0 Å². The number of hydrogen-bond donors (Lipinski definition) is 1. The molecule has 1 rings (SSSR count). The van der Waals surface area contributed by atoms with E-state index in [9.17, 15) is 0 Å². The van der Waals surface area contributed by atoms with E-state index in [4.69, 9.17) is 0 Å². The molecule has 0 aliphatic rings. The molecule has 17 heavy (non-hydrogen) atoms. The van der Waals surface area contributed by atoms with Crippen LogP contribution in [0.3, 0.4) is 0 Å². The first kappa shape index (κ1) is 14.3. The molecule has 1 unspecified atom stereocenters. The second-order valence-electron chi connectivity index (χ2n) is 4.38. The van der Waals surface area contributed by atoms with Crippen molar-refractivity contribution in [3.8, 4) is 0 Å². The Balaban J connectivity index is 2.38. The van der Waals surface area contributed by atoms with Crippen molar-refractivity contribution in [1.82, 2.24) is 5.32 Å². The topological polar surface area (TPSA) is 12.0 Å². The van der Waals surface area contributed by atoms with Crippen LogP contribution in [0, 0.1) is 13.8 Å². The van der Waals surface area contributed by atoms with E-state index >= 15 is 0 Å². The molecule has 0 fully saturated rings. The Hall–Kier alpha value is -0.730. The fraction of sp³-hybridized carbons (Fsp3) is 0.467. The van der Waals surface area contributed by atoms with E-state index in [2.05, 4.69) is 50.9 Å². The summed E-state index contributed by atoms with van der Waals surface area (Å²) in [4.78, 5) is 0. The van der Waals surface area contributed by atoms with Crippen molar-refractivity contribution >= 4 is 11.8 Å². The second kappa shape index (κ2) is 7.57. The van der Waals surface area contributed by atoms with Gasteiger partial charge in [-0.1, -0.05) is 24.3 Å². The SMILES string of the molecule is C=CCSCCNC(C)c1ccc(C)c(C)c1. The zero-order valence-electron chi connectivity index (χ0n) is 11.1. The van der Waals surface area contributed by atoms with Gasteiger partial charge < -0.3 is 5.32 Å². The molecule has 1 aromatic carbocycles. The molecule has 0 heterocycles. The molecule has 0 aliphatic carbocycles. The number of thioether (sulfide) groups is 1. The van der Waals surface area contributed by atoms with Crippen LogP contribution in [0.25, 0.3) is 0 Å². The van der Waals surface area contributed by atoms with E-state index in [-0.39, 0.29) is 0 Å². The first-order chi connectivity index (χ1) is 8.15. The van der Waals surface area contributed by atoms with Gasteiger partial charge in [0.2, 0.25) is 0 Å². The molecule has 1 aromatic rings. The second-order valence-corrected chi connectivity index (χ2v) is 5.53. The highest BCUT2D eigenvalue weighted by atomic mass is 32.2. The Morgan fingerprint density at radius 3 is 2.76 bits per heavy atom. The van der Waals surface area contributed by atoms with Gasteiger partial charge in [-0.25, -0.2) is 0 Å². The van der Waals surface area contributed by atoms with Crippen LogP contribution in [0.1, 0.15) is 29.7 Å². The Morgan fingerprint density at radius 2 is 2.12 bits per heavy atom. The number of hydrogen-bond acceptors (Lipinski definition) is 2. The van der Waals surface area contributed by atoms with E-state index < -0.39 is 0 Å². The van der Waals surface area contributed by atoms with Gasteiger partial charge in [-0.05, 0) is 37.5 Å². The van der Waals surface area contributed by atoms with E-state index in [0.29, 0.717) is 6.04 Å². The van der Waals surface area contributed by atoms with Crippen LogP contribution in [0.4, 0.5) is 0 Å². The normalized spacial score (nSPS) is 12.4. The van der Waals surface area contributed by atoms with Gasteiger partial charge in [0, 0.05) is 24.1 Å². The van der Waals surface area contributed by atoms with Crippen molar-refractivity contribution in [3.63, 3.8) is 0 Å². The molecule has 1 atom stereocenters. The first-order valence-electron chi connectivity index (χ1n) is 6.14. The predicted molar refractivity (Wildman–Crippen MR) is 79.9 cm³/mol. The highest BCUT2D eigenvalue weighted by molar-refractivity contribution is 7.99. The first-order valence-corrected chi connectivity index (χ1v) is 7.29. The largest absolute Gasteiger partial charge is 0.309 e. The van der Waals surface area contributed by atoms with Crippen LogP contribution in [0.5, 0.6) is 0 Å². The summed E-state index contributed by atoms with van der Waals surface area (Å²) >= 11 is 1.92. The van der Waals surface area contributed by atoms with Crippen LogP contribution in [-0.2, 0) is 0 Å². The third-order valence-electron chi connectivity index (χ3n) is 2.96. The molecular formula is C15H23NS. The molecule has 0 spiro atoms. The summed E-state index contributed by atoms with van der Waals surface area (Å²) in [5, 5.41) is 3.55. The maximum atomic E-state index is 3.72. The smallest absolute Gasteiger partial charge is 0.0292 e. The molecule has 0 saturated carbocycles. The van der Waals surface area contributed by atoms with Crippen molar-refractivity contribution in [2.75, 3.05) is 18.1 Å². The van der Waals surface area contributed by atoms with Crippen LogP contribution in [0.15, 0.2) is 30.9 Å². The molecule has 0 amide bonds. The summed E-state index contributed by atoms with van der Waals surface area (Å²) in [7, 11) is 0. The highest BCUT2D eigenvalue weighted by Crippen LogP contribution is 2.16. The fourth-order valence-electron chi connectivity index (χ4n) is 1.67. The van der Waals surface area contributed by atoms with E-state index in [1.54, 1.807) is 0 Å². The standard InChI is InChI=1S/C15H23NS/c1-5-9-17-10-8-16-14(4)15-7-6-12(2)13(3)11-15/h5-7,11,14,16H,1,8-10H2,2-4H3. The zero-order valence-corrected chi connectivity index (χ0v) is 11.9. The maximum absolute atomic E-state index is 3.72. The highest BCUT2D eigenvalue weighted by Gasteiger charge is 2.05. The minimum absolute atomic E-state index is 0.429. The average Bonchev–Trinajstić information content (AvgIpc) is 2.32. The Kier molecular flexibility index (Phi) is 6.38. The minimum Gasteiger partial charge on any atom is -0.309 e. The molecule has 0 aliphatic heterocycles. The predicted octanol–water partition coefficient (Wildman–Crippen LogP) is 3.87. The van der Waals surface area contributed by atoms with Crippen LogP contribution in [0.2, 0.25) is 0 Å². The lowest BCUT2D eigenvalue weighted by atomic mass is 10.0. The summed E-state index contributed by atoms with van der Waals surface area (Å²) in [5.74, 6) is 2.18. The van der Waals surface area contributed by atoms with Crippen LogP contribution >= 0.6 is 11.8 Å². The molecule has 1 N–H and O–H groups in total. The Bertz CT molecular complexity index is 360. The van der Waals surface area contributed by atoms with E-state index in [0.717, 1.165) is 18.1 Å². The summed E-state index contributed by atoms with van der Waals surface area (Å²) in [6.45, 7) is 11.3. The third-order valence-corrected chi connectivity index (χ3v) is 3.93. The number of benzene rings is 1. The number of nitrogens with one attached hydrogen (secondary N) is 1. The molecule has 0 radical (unpaired) electrons. The maximum Gasteiger partial charge on any atom is 0.0292 e. The van der Waals surface area contributed by atoms with Gasteiger partial charge in [-0.2, -0.15) is 11.8 Å². The molecular weight excluding hydrogens is 226 g/mol. The van der Waals surface area contributed by atoms with Crippen molar-refractivity contribution in [1.29, 1.82) is 0 Å². The van der Waals surface area contributed by atoms with E-state index in [1.165, 1.54) is 16.7 Å². The van der Waals surface area contributed by atoms with Crippen molar-refractivity contribution in [2.45, 2.75) is 26.8 Å². The number of aryl methyl sites for hydroxylation is 2. The minimum atomic E-state index is 0.429. The summed E-state index contributed by atoms with van der Waals surface area (Å²) in [6.07, 6.45) is 1.96. The molecule has 1 nitrogen and oxygen atoms in total. The summed E-state index contributed by atoms with van der Waals surface area (Å²) in [6, 6.07) is 7.13. The molecule has 0 aromatic heterocycles. The molecule has 0 saturated heterocycles. The van der Waals surface area contributed by atoms with Gasteiger partial charge in [-0.15, -0.1) is 6.58 Å². The lowest BCUT2D eigenvalue weighted by Crippen LogP contribution is -2.21. The van der Waals surface area contributed by atoms with Gasteiger partial charge >= 0.3 is 0 Å². The van der Waals surface area contributed by atoms with Crippen LogP contribution in [-0.4, -0.2) is 18.1 Å². The van der Waals surface area contributed by atoms with Gasteiger partial charge in [-0.3, -0.25) is 0 Å². The molecule has 94 valence electrons. The number of rotatable bonds is 7. The average molecular weight is 249 g/mol. The van der Waals surface area contributed by atoms with Crippen molar-refractivity contribution in [3.05, 3.63) is 47.5 Å². The van der Waals surface area contributed by atoms with Crippen LogP contribution < -0.4 is 5.32 Å². The zero-order chi connectivity index (χ0) is 12.7. The monoisotopic (exact) mass is 249 g/mol. The lowest BCUT2D eigenvalue weighted by molar-refractivity contribution is 0.601. The Morgan fingerprint density at radius 1 is 1.35 bits per heavy atom. The van der Waals surface area contributed by atoms with Gasteiger partial charge in [0.1, 0.15) is 0 Å². The Labute approximate surface area is 110 Å². The fourth-order valence-corrected chi connectivity index (χ4v) is 2.26. The lowest BCUT2D eigenvalue weighted by Gasteiger charge is -2.15. The van der Waals surface area contributed by atoms with E-state index in [1.807, 2.05) is 17.8 Å². The summed E-state index contributed by atoms with van der Waals surface area (Å²) in [5.41, 5.74) is 4.11. The van der Waals surface area contributed by atoms with Gasteiger partial charge in [0.15, 0.2) is 0 Å². The molecule has 2 heteroatoms. The quantitative estimate of drug-likeness (QED) is 0.581. The van der Waals surface area contributed by atoms with Crippen molar-refractivity contribution < 1.29 is 0 Å². The third kappa shape index (κ3) is 4.97. The molecule has 0 bridgehead atoms. The van der Waals surface area contributed by atoms with Crippen molar-refractivity contribution in [2.24, 2.45) is 0 Å². The summed E-state index contributed by atoms with van der Waals surface area (Å²) < 4.78 is 0. The van der Waals surface area contributed by atoms with Gasteiger partial charge in [0.25, 0.3) is 0 Å².